The number of hydrogen-bond acceptors (Lipinski definition) is 2. The van der Waals surface area contributed by atoms with Crippen molar-refractivity contribution in [1.82, 2.24) is 10.3 Å². The van der Waals surface area contributed by atoms with E-state index in [1.165, 1.54) is 0 Å². The molecule has 0 aliphatic rings. The molecule has 1 unspecified atom stereocenters. The number of amides is 1. The molecule has 0 radical (unpaired) electrons. The summed E-state index contributed by atoms with van der Waals surface area (Å²) in [5, 5.41) is 3.08. The molecule has 0 bridgehead atoms. The highest BCUT2D eigenvalue weighted by Crippen LogP contribution is 2.17. The van der Waals surface area contributed by atoms with Crippen LogP contribution in [0.1, 0.15) is 49.2 Å². The topological polar surface area (TPSA) is 42.0 Å². The predicted molar refractivity (Wildman–Crippen MR) is 73.7 cm³/mol. The Labute approximate surface area is 113 Å². The van der Waals surface area contributed by atoms with Crippen molar-refractivity contribution in [3.63, 3.8) is 0 Å². The van der Waals surface area contributed by atoms with Crippen molar-refractivity contribution in [2.45, 2.75) is 39.2 Å². The van der Waals surface area contributed by atoms with Crippen LogP contribution in [0, 0.1) is 12.3 Å². The Hall–Kier alpha value is -1.53. The van der Waals surface area contributed by atoms with Crippen molar-refractivity contribution in [2.75, 3.05) is 0 Å². The minimum absolute atomic E-state index is 0.213. The number of rotatable bonds is 4. The second-order valence-electron chi connectivity index (χ2n) is 4.36. The van der Waals surface area contributed by atoms with E-state index in [9.17, 15) is 4.79 Å². The molecule has 0 saturated carbocycles. The number of aromatic nitrogens is 1. The van der Waals surface area contributed by atoms with E-state index >= 15 is 0 Å². The number of nitrogens with zero attached hydrogens (tertiary/aromatic N) is 1. The van der Waals surface area contributed by atoms with Gasteiger partial charge in [0.05, 0.1) is 6.04 Å². The lowest BCUT2D eigenvalue weighted by atomic mass is 10.1. The summed E-state index contributed by atoms with van der Waals surface area (Å²) in [6.07, 6.45) is 6.01. The number of pyridine rings is 1. The van der Waals surface area contributed by atoms with Gasteiger partial charge in [-0.1, -0.05) is 38.3 Å². The van der Waals surface area contributed by atoms with Crippen molar-refractivity contribution in [3.05, 3.63) is 28.5 Å². The summed E-state index contributed by atoms with van der Waals surface area (Å²) in [5.74, 6) is 2.52. The largest absolute Gasteiger partial charge is 0.338 e. The predicted octanol–water partition coefficient (Wildman–Crippen LogP) is 3.00. The Balaban J connectivity index is 2.96. The van der Waals surface area contributed by atoms with Gasteiger partial charge in [-0.25, -0.2) is 4.98 Å². The van der Waals surface area contributed by atoms with E-state index in [1.807, 2.05) is 20.8 Å². The summed E-state index contributed by atoms with van der Waals surface area (Å²) in [6, 6.07) is 3.04. The maximum absolute atomic E-state index is 12.0. The molecule has 0 spiro atoms. The molecule has 1 aromatic heterocycles. The second kappa shape index (κ2) is 6.42. The second-order valence-corrected chi connectivity index (χ2v) is 4.75. The Kier molecular flexibility index (Phi) is 5.18. The molecule has 1 heterocycles. The van der Waals surface area contributed by atoms with Gasteiger partial charge >= 0.3 is 0 Å². The monoisotopic (exact) mass is 264 g/mol. The first-order valence-electron chi connectivity index (χ1n) is 5.92. The first-order chi connectivity index (χ1) is 8.47. The molecule has 0 aliphatic heterocycles. The molecule has 96 valence electrons. The molecule has 1 amide bonds. The van der Waals surface area contributed by atoms with Gasteiger partial charge in [0.1, 0.15) is 5.15 Å². The summed E-state index contributed by atoms with van der Waals surface area (Å²) >= 11 is 5.91. The third kappa shape index (κ3) is 3.75. The molecule has 1 atom stereocenters. The van der Waals surface area contributed by atoms with Crippen LogP contribution in [0.15, 0.2) is 12.1 Å². The van der Waals surface area contributed by atoms with Crippen molar-refractivity contribution in [1.29, 1.82) is 0 Å². The molecule has 0 aliphatic carbocycles. The molecular formula is C14H17ClN2O. The smallest absolute Gasteiger partial charge is 0.252 e. The summed E-state index contributed by atoms with van der Waals surface area (Å²) in [4.78, 5) is 16.2. The quantitative estimate of drug-likeness (QED) is 0.671. The summed E-state index contributed by atoms with van der Waals surface area (Å²) in [6.45, 7) is 5.91. The molecule has 1 aromatic rings. The van der Waals surface area contributed by atoms with Gasteiger partial charge in [0.2, 0.25) is 0 Å². The zero-order valence-corrected chi connectivity index (χ0v) is 11.6. The van der Waals surface area contributed by atoms with E-state index < -0.39 is 0 Å². The fourth-order valence-electron chi connectivity index (χ4n) is 1.45. The highest BCUT2D eigenvalue weighted by molar-refractivity contribution is 6.29. The average molecular weight is 265 g/mol. The fraction of sp³-hybridized carbons (Fsp3) is 0.429. The number of carbonyl (C=O) groups excluding carboxylic acids is 1. The van der Waals surface area contributed by atoms with E-state index in [-0.39, 0.29) is 17.9 Å². The van der Waals surface area contributed by atoms with E-state index in [0.29, 0.717) is 17.1 Å². The molecular weight excluding hydrogens is 248 g/mol. The Morgan fingerprint density at radius 2 is 2.22 bits per heavy atom. The fourth-order valence-corrected chi connectivity index (χ4v) is 1.66. The van der Waals surface area contributed by atoms with E-state index in [0.717, 1.165) is 5.69 Å². The van der Waals surface area contributed by atoms with Crippen molar-refractivity contribution in [3.8, 4) is 12.3 Å². The van der Waals surface area contributed by atoms with Crippen molar-refractivity contribution < 1.29 is 4.79 Å². The van der Waals surface area contributed by atoms with Gasteiger partial charge in [-0.15, -0.1) is 6.42 Å². The van der Waals surface area contributed by atoms with Crippen LogP contribution in [0.25, 0.3) is 0 Å². The average Bonchev–Trinajstić information content (AvgIpc) is 2.34. The van der Waals surface area contributed by atoms with Gasteiger partial charge in [-0.05, 0) is 24.5 Å². The van der Waals surface area contributed by atoms with Crippen LogP contribution in [0.4, 0.5) is 0 Å². The lowest BCUT2D eigenvalue weighted by Gasteiger charge is -2.12. The normalized spacial score (nSPS) is 12.0. The maximum atomic E-state index is 12.0. The molecule has 1 N–H and O–H groups in total. The van der Waals surface area contributed by atoms with Crippen LogP contribution >= 0.6 is 11.6 Å². The van der Waals surface area contributed by atoms with Crippen LogP contribution < -0.4 is 5.32 Å². The van der Waals surface area contributed by atoms with Gasteiger partial charge < -0.3 is 5.32 Å². The van der Waals surface area contributed by atoms with Crippen molar-refractivity contribution >= 4 is 17.5 Å². The molecule has 0 aromatic carbocycles. The van der Waals surface area contributed by atoms with E-state index in [1.54, 1.807) is 12.1 Å². The number of halogens is 1. The van der Waals surface area contributed by atoms with Crippen LogP contribution in [-0.4, -0.2) is 16.9 Å². The van der Waals surface area contributed by atoms with Crippen molar-refractivity contribution in [2.24, 2.45) is 0 Å². The summed E-state index contributed by atoms with van der Waals surface area (Å²) in [7, 11) is 0. The first-order valence-corrected chi connectivity index (χ1v) is 6.30. The lowest BCUT2D eigenvalue weighted by molar-refractivity contribution is 0.0945. The number of terminal acetylenes is 1. The van der Waals surface area contributed by atoms with Gasteiger partial charge in [-0.3, -0.25) is 4.79 Å². The SMILES string of the molecule is C#CC(CC)NC(=O)c1cc(Cl)nc(C(C)C)c1. The zero-order chi connectivity index (χ0) is 13.7. The first kappa shape index (κ1) is 14.5. The third-order valence-corrected chi connectivity index (χ3v) is 2.78. The van der Waals surface area contributed by atoms with Crippen LogP contribution in [0.5, 0.6) is 0 Å². The molecule has 3 nitrogen and oxygen atoms in total. The van der Waals surface area contributed by atoms with Crippen LogP contribution in [0.2, 0.25) is 5.15 Å². The van der Waals surface area contributed by atoms with Crippen LogP contribution in [-0.2, 0) is 0 Å². The van der Waals surface area contributed by atoms with Crippen LogP contribution in [0.3, 0.4) is 0 Å². The lowest BCUT2D eigenvalue weighted by Crippen LogP contribution is -2.33. The molecule has 1 rings (SSSR count). The highest BCUT2D eigenvalue weighted by atomic mass is 35.5. The van der Waals surface area contributed by atoms with E-state index in [2.05, 4.69) is 16.2 Å². The standard InChI is InChI=1S/C14H17ClN2O/c1-5-11(6-2)16-14(18)10-7-12(9(3)4)17-13(15)8-10/h1,7-9,11H,6H2,2-4H3,(H,16,18). The molecule has 0 saturated heterocycles. The highest BCUT2D eigenvalue weighted by Gasteiger charge is 2.13. The van der Waals surface area contributed by atoms with Gasteiger partial charge in [0.25, 0.3) is 5.91 Å². The Morgan fingerprint density at radius 1 is 1.56 bits per heavy atom. The molecule has 4 heteroatoms. The van der Waals surface area contributed by atoms with Gasteiger partial charge in [0, 0.05) is 11.3 Å². The van der Waals surface area contributed by atoms with E-state index in [4.69, 9.17) is 18.0 Å². The Bertz CT molecular complexity index is 477. The Morgan fingerprint density at radius 3 is 2.72 bits per heavy atom. The molecule has 18 heavy (non-hydrogen) atoms. The minimum Gasteiger partial charge on any atom is -0.338 e. The zero-order valence-electron chi connectivity index (χ0n) is 10.8. The van der Waals surface area contributed by atoms with Gasteiger partial charge in [0.15, 0.2) is 0 Å². The summed E-state index contributed by atoms with van der Waals surface area (Å²) in [5.41, 5.74) is 1.29. The third-order valence-electron chi connectivity index (χ3n) is 2.58. The van der Waals surface area contributed by atoms with Gasteiger partial charge in [-0.2, -0.15) is 0 Å². The summed E-state index contributed by atoms with van der Waals surface area (Å²) < 4.78 is 0. The number of nitrogens with one attached hydrogen (secondary N) is 1. The number of hydrogen-bond donors (Lipinski definition) is 1. The molecule has 0 fully saturated rings. The minimum atomic E-state index is -0.257. The number of carbonyl (C=O) groups is 1. The maximum Gasteiger partial charge on any atom is 0.252 e.